The predicted molar refractivity (Wildman–Crippen MR) is 68.3 cm³/mol. The SMILES string of the molecule is Cc1c(C2CCNC2)cnn1C1CCCNC1. The van der Waals surface area contributed by atoms with Gasteiger partial charge >= 0.3 is 0 Å². The zero-order valence-electron chi connectivity index (χ0n) is 10.6. The topological polar surface area (TPSA) is 41.9 Å². The molecule has 17 heavy (non-hydrogen) atoms. The number of rotatable bonds is 2. The normalized spacial score (nSPS) is 29.7. The third-order valence-corrected chi connectivity index (χ3v) is 4.20. The molecule has 0 aliphatic carbocycles. The summed E-state index contributed by atoms with van der Waals surface area (Å²) in [4.78, 5) is 0. The van der Waals surface area contributed by atoms with Gasteiger partial charge < -0.3 is 10.6 Å². The maximum absolute atomic E-state index is 4.63. The van der Waals surface area contributed by atoms with Crippen LogP contribution in [0.2, 0.25) is 0 Å². The third kappa shape index (κ3) is 2.11. The van der Waals surface area contributed by atoms with Gasteiger partial charge in [0.1, 0.15) is 0 Å². The second-order valence-electron chi connectivity index (χ2n) is 5.32. The molecule has 2 N–H and O–H groups in total. The zero-order valence-corrected chi connectivity index (χ0v) is 10.6. The molecule has 0 aromatic carbocycles. The minimum Gasteiger partial charge on any atom is -0.316 e. The third-order valence-electron chi connectivity index (χ3n) is 4.20. The average molecular weight is 234 g/mol. The Hall–Kier alpha value is -0.870. The summed E-state index contributed by atoms with van der Waals surface area (Å²) in [6.07, 6.45) is 5.89. The molecule has 2 unspecified atom stereocenters. The van der Waals surface area contributed by atoms with E-state index >= 15 is 0 Å². The minimum atomic E-state index is 0.562. The van der Waals surface area contributed by atoms with Crippen LogP contribution in [0.4, 0.5) is 0 Å². The molecule has 4 heteroatoms. The molecule has 0 radical (unpaired) electrons. The van der Waals surface area contributed by atoms with Crippen molar-refractivity contribution >= 4 is 0 Å². The maximum Gasteiger partial charge on any atom is 0.0647 e. The van der Waals surface area contributed by atoms with E-state index < -0.39 is 0 Å². The number of nitrogens with zero attached hydrogens (tertiary/aromatic N) is 2. The highest BCUT2D eigenvalue weighted by Crippen LogP contribution is 2.27. The Morgan fingerprint density at radius 2 is 2.12 bits per heavy atom. The molecule has 0 amide bonds. The predicted octanol–water partition coefficient (Wildman–Crippen LogP) is 1.19. The van der Waals surface area contributed by atoms with E-state index in [-0.39, 0.29) is 0 Å². The summed E-state index contributed by atoms with van der Waals surface area (Å²) in [6.45, 7) is 6.74. The van der Waals surface area contributed by atoms with Crippen LogP contribution in [-0.2, 0) is 0 Å². The number of hydrogen-bond donors (Lipinski definition) is 2. The van der Waals surface area contributed by atoms with E-state index in [1.165, 1.54) is 30.5 Å². The van der Waals surface area contributed by atoms with Crippen LogP contribution in [0.3, 0.4) is 0 Å². The summed E-state index contributed by atoms with van der Waals surface area (Å²) in [5.74, 6) is 0.681. The van der Waals surface area contributed by atoms with Crippen LogP contribution >= 0.6 is 0 Å². The molecule has 1 aromatic heterocycles. The minimum absolute atomic E-state index is 0.562. The monoisotopic (exact) mass is 234 g/mol. The van der Waals surface area contributed by atoms with Crippen molar-refractivity contribution in [1.82, 2.24) is 20.4 Å². The smallest absolute Gasteiger partial charge is 0.0647 e. The number of aromatic nitrogens is 2. The Kier molecular flexibility index (Phi) is 3.16. The fourth-order valence-electron chi connectivity index (χ4n) is 3.17. The van der Waals surface area contributed by atoms with Crippen LogP contribution in [0.1, 0.15) is 42.5 Å². The van der Waals surface area contributed by atoms with Crippen LogP contribution in [0.15, 0.2) is 6.20 Å². The summed E-state index contributed by atoms with van der Waals surface area (Å²) in [6, 6.07) is 0.562. The molecule has 2 atom stereocenters. The van der Waals surface area contributed by atoms with Crippen molar-refractivity contribution in [2.75, 3.05) is 26.2 Å². The molecule has 1 aromatic rings. The van der Waals surface area contributed by atoms with E-state index in [9.17, 15) is 0 Å². The summed E-state index contributed by atoms with van der Waals surface area (Å²) in [5.41, 5.74) is 2.84. The van der Waals surface area contributed by atoms with Gasteiger partial charge in [0, 0.05) is 24.7 Å². The lowest BCUT2D eigenvalue weighted by molar-refractivity contribution is 0.341. The molecule has 94 valence electrons. The standard InChI is InChI=1S/C13H22N4/c1-10-13(11-4-6-15-7-11)9-16-17(10)12-3-2-5-14-8-12/h9,11-12,14-15H,2-8H2,1H3. The highest BCUT2D eigenvalue weighted by Gasteiger charge is 2.24. The number of nitrogens with one attached hydrogen (secondary N) is 2. The molecule has 3 rings (SSSR count). The average Bonchev–Trinajstić information content (AvgIpc) is 2.99. The van der Waals surface area contributed by atoms with Crippen LogP contribution in [0, 0.1) is 6.92 Å². The second-order valence-corrected chi connectivity index (χ2v) is 5.32. The summed E-state index contributed by atoms with van der Waals surface area (Å²) < 4.78 is 2.25. The fourth-order valence-corrected chi connectivity index (χ4v) is 3.17. The largest absolute Gasteiger partial charge is 0.316 e. The van der Waals surface area contributed by atoms with Gasteiger partial charge in [-0.05, 0) is 44.8 Å². The Labute approximate surface area is 103 Å². The summed E-state index contributed by atoms with van der Waals surface area (Å²) in [5, 5.41) is 11.5. The molecule has 2 fully saturated rings. The van der Waals surface area contributed by atoms with Gasteiger partial charge in [0.25, 0.3) is 0 Å². The van der Waals surface area contributed by atoms with Crippen LogP contribution in [0.5, 0.6) is 0 Å². The fraction of sp³-hybridized carbons (Fsp3) is 0.769. The van der Waals surface area contributed by atoms with Crippen molar-refractivity contribution in [2.45, 2.75) is 38.1 Å². The quantitative estimate of drug-likeness (QED) is 0.808. The molecule has 3 heterocycles. The van der Waals surface area contributed by atoms with Crippen LogP contribution in [-0.4, -0.2) is 36.0 Å². The van der Waals surface area contributed by atoms with E-state index in [0.29, 0.717) is 12.0 Å². The van der Waals surface area contributed by atoms with Gasteiger partial charge in [-0.1, -0.05) is 0 Å². The Bertz CT molecular complexity index is 373. The van der Waals surface area contributed by atoms with Gasteiger partial charge in [0.15, 0.2) is 0 Å². The molecule has 2 aliphatic heterocycles. The molecule has 0 spiro atoms. The summed E-state index contributed by atoms with van der Waals surface area (Å²) >= 11 is 0. The van der Waals surface area contributed by atoms with E-state index in [4.69, 9.17) is 0 Å². The maximum atomic E-state index is 4.63. The lowest BCUT2D eigenvalue weighted by atomic mass is 9.99. The highest BCUT2D eigenvalue weighted by atomic mass is 15.3. The van der Waals surface area contributed by atoms with Crippen molar-refractivity contribution in [3.8, 4) is 0 Å². The molecule has 4 nitrogen and oxygen atoms in total. The zero-order chi connectivity index (χ0) is 11.7. The Balaban J connectivity index is 1.80. The van der Waals surface area contributed by atoms with E-state index in [2.05, 4.69) is 33.5 Å². The van der Waals surface area contributed by atoms with E-state index in [0.717, 1.165) is 26.2 Å². The van der Waals surface area contributed by atoms with Gasteiger partial charge in [-0.15, -0.1) is 0 Å². The first kappa shape index (κ1) is 11.2. The van der Waals surface area contributed by atoms with Gasteiger partial charge in [-0.2, -0.15) is 5.10 Å². The molecule has 0 bridgehead atoms. The van der Waals surface area contributed by atoms with Crippen molar-refractivity contribution < 1.29 is 0 Å². The van der Waals surface area contributed by atoms with Gasteiger partial charge in [0.2, 0.25) is 0 Å². The lowest BCUT2D eigenvalue weighted by Crippen LogP contribution is -2.32. The first-order valence-electron chi connectivity index (χ1n) is 6.81. The number of piperidine rings is 1. The van der Waals surface area contributed by atoms with Gasteiger partial charge in [0.05, 0.1) is 12.2 Å². The van der Waals surface area contributed by atoms with E-state index in [1.54, 1.807) is 0 Å². The van der Waals surface area contributed by atoms with Gasteiger partial charge in [-0.3, -0.25) is 4.68 Å². The molecule has 2 saturated heterocycles. The van der Waals surface area contributed by atoms with Gasteiger partial charge in [-0.25, -0.2) is 0 Å². The Morgan fingerprint density at radius 1 is 1.24 bits per heavy atom. The van der Waals surface area contributed by atoms with Crippen LogP contribution in [0.25, 0.3) is 0 Å². The highest BCUT2D eigenvalue weighted by molar-refractivity contribution is 5.23. The van der Waals surface area contributed by atoms with Crippen molar-refractivity contribution in [2.24, 2.45) is 0 Å². The van der Waals surface area contributed by atoms with Crippen molar-refractivity contribution in [3.63, 3.8) is 0 Å². The molecule has 0 saturated carbocycles. The van der Waals surface area contributed by atoms with Crippen LogP contribution < -0.4 is 10.6 Å². The first-order valence-corrected chi connectivity index (χ1v) is 6.81. The summed E-state index contributed by atoms with van der Waals surface area (Å²) in [7, 11) is 0. The number of hydrogen-bond acceptors (Lipinski definition) is 3. The molecular weight excluding hydrogens is 212 g/mol. The Morgan fingerprint density at radius 3 is 2.82 bits per heavy atom. The van der Waals surface area contributed by atoms with E-state index in [1.807, 2.05) is 0 Å². The lowest BCUT2D eigenvalue weighted by Gasteiger charge is -2.24. The molecule has 2 aliphatic rings. The second kappa shape index (κ2) is 4.78. The molecular formula is C13H22N4. The van der Waals surface area contributed by atoms with Crippen molar-refractivity contribution in [3.05, 3.63) is 17.5 Å². The first-order chi connectivity index (χ1) is 8.36. The van der Waals surface area contributed by atoms with Crippen molar-refractivity contribution in [1.29, 1.82) is 0 Å².